The average Bonchev–Trinajstić information content (AvgIpc) is 3.83. The zero-order valence-electron chi connectivity index (χ0n) is 24.3. The van der Waals surface area contributed by atoms with Crippen molar-refractivity contribution >= 4 is 11.8 Å². The molecular weight excluding hydrogens is 542 g/mol. The van der Waals surface area contributed by atoms with Crippen LogP contribution >= 0.6 is 0 Å². The van der Waals surface area contributed by atoms with E-state index in [4.69, 9.17) is 4.42 Å². The number of carbonyl (C=O) groups excluding carboxylic acids is 2. The molecule has 2 aliphatic rings. The second kappa shape index (κ2) is 12.9. The number of amides is 2. The standard InChI is InChI=1S/C34H37N5O4/c1-22-21-43-33(37-22)30-13-8-16-39(30)34(42)26-19-24(27-11-5-6-14-35-27)18-25(20-26)32(41)38-29(17-23-9-3-2-4-10-23)31(40)28-12-7-15-36-28/h2-6,9-11,14,18-21,28-31,36,40H,7-8,12-13,15-17H2,1H3,(H,38,41)/t28-,29+,30-,31+/m1/s1. The summed E-state index contributed by atoms with van der Waals surface area (Å²) in [5, 5.41) is 17.8. The monoisotopic (exact) mass is 579 g/mol. The summed E-state index contributed by atoms with van der Waals surface area (Å²) in [6, 6.07) is 19.7. The van der Waals surface area contributed by atoms with Gasteiger partial charge in [-0.25, -0.2) is 4.98 Å². The van der Waals surface area contributed by atoms with Gasteiger partial charge in [0.2, 0.25) is 5.89 Å². The van der Waals surface area contributed by atoms with Gasteiger partial charge in [-0.2, -0.15) is 0 Å². The van der Waals surface area contributed by atoms with Crippen LogP contribution < -0.4 is 10.6 Å². The second-order valence-corrected chi connectivity index (χ2v) is 11.5. The van der Waals surface area contributed by atoms with E-state index in [1.165, 1.54) is 0 Å². The van der Waals surface area contributed by atoms with Crippen molar-refractivity contribution < 1.29 is 19.1 Å². The Morgan fingerprint density at radius 3 is 2.60 bits per heavy atom. The van der Waals surface area contributed by atoms with E-state index in [1.807, 2.05) is 55.5 Å². The smallest absolute Gasteiger partial charge is 0.254 e. The zero-order valence-corrected chi connectivity index (χ0v) is 24.3. The minimum Gasteiger partial charge on any atom is -0.446 e. The molecule has 2 aromatic heterocycles. The lowest BCUT2D eigenvalue weighted by atomic mass is 9.94. The van der Waals surface area contributed by atoms with Gasteiger partial charge in [0.05, 0.1) is 23.5 Å². The maximum absolute atomic E-state index is 14.0. The Hall–Kier alpha value is -4.34. The van der Waals surface area contributed by atoms with E-state index in [2.05, 4.69) is 20.6 Å². The average molecular weight is 580 g/mol. The van der Waals surface area contributed by atoms with Crippen LogP contribution in [0.25, 0.3) is 11.3 Å². The number of pyridine rings is 1. The quantitative estimate of drug-likeness (QED) is 0.268. The van der Waals surface area contributed by atoms with Gasteiger partial charge in [-0.15, -0.1) is 0 Å². The number of likely N-dealkylation sites (tertiary alicyclic amines) is 1. The van der Waals surface area contributed by atoms with Crippen LogP contribution in [0.2, 0.25) is 0 Å². The molecule has 222 valence electrons. The Morgan fingerprint density at radius 2 is 1.88 bits per heavy atom. The summed E-state index contributed by atoms with van der Waals surface area (Å²) in [7, 11) is 0. The number of nitrogens with zero attached hydrogens (tertiary/aromatic N) is 3. The molecule has 0 aliphatic carbocycles. The number of aliphatic hydroxyl groups is 1. The number of rotatable bonds is 9. The highest BCUT2D eigenvalue weighted by atomic mass is 16.3. The van der Waals surface area contributed by atoms with E-state index in [-0.39, 0.29) is 23.9 Å². The zero-order chi connectivity index (χ0) is 29.8. The van der Waals surface area contributed by atoms with Gasteiger partial charge in [0.15, 0.2) is 0 Å². The maximum atomic E-state index is 14.0. The molecule has 4 aromatic rings. The first-order valence-electron chi connectivity index (χ1n) is 15.0. The second-order valence-electron chi connectivity index (χ2n) is 11.5. The molecule has 9 heteroatoms. The Kier molecular flexibility index (Phi) is 8.62. The molecule has 2 aromatic carbocycles. The third-order valence-electron chi connectivity index (χ3n) is 8.38. The Labute approximate surface area is 251 Å². The molecule has 0 saturated carbocycles. The molecule has 0 radical (unpaired) electrons. The Morgan fingerprint density at radius 1 is 1.07 bits per heavy atom. The molecule has 0 bridgehead atoms. The minimum atomic E-state index is -0.777. The lowest BCUT2D eigenvalue weighted by molar-refractivity contribution is 0.0715. The summed E-state index contributed by atoms with van der Waals surface area (Å²) >= 11 is 0. The molecule has 2 amide bonds. The third kappa shape index (κ3) is 6.53. The van der Waals surface area contributed by atoms with Crippen molar-refractivity contribution in [3.05, 3.63) is 107 Å². The number of aromatic nitrogens is 2. The highest BCUT2D eigenvalue weighted by Gasteiger charge is 2.35. The fourth-order valence-corrected chi connectivity index (χ4v) is 6.18. The predicted molar refractivity (Wildman–Crippen MR) is 162 cm³/mol. The molecule has 4 heterocycles. The molecular formula is C34H37N5O4. The molecule has 0 unspecified atom stereocenters. The third-order valence-corrected chi connectivity index (χ3v) is 8.38. The van der Waals surface area contributed by atoms with Gasteiger partial charge in [0.25, 0.3) is 11.8 Å². The predicted octanol–water partition coefficient (Wildman–Crippen LogP) is 4.48. The molecule has 2 aliphatic heterocycles. The SMILES string of the molecule is Cc1coc([C@H]2CCCN2C(=O)c2cc(C(=O)N[C@@H](Cc3ccccc3)[C@@H](O)[C@H]3CCCN3)cc(-c3ccccn3)c2)n1. The molecule has 2 fully saturated rings. The number of hydrogen-bond donors (Lipinski definition) is 3. The van der Waals surface area contributed by atoms with E-state index >= 15 is 0 Å². The van der Waals surface area contributed by atoms with Crippen LogP contribution in [0.4, 0.5) is 0 Å². The van der Waals surface area contributed by atoms with E-state index in [9.17, 15) is 14.7 Å². The molecule has 43 heavy (non-hydrogen) atoms. The molecule has 9 nitrogen and oxygen atoms in total. The van der Waals surface area contributed by atoms with E-state index in [0.29, 0.717) is 41.2 Å². The minimum absolute atomic E-state index is 0.100. The van der Waals surface area contributed by atoms with E-state index in [0.717, 1.165) is 43.5 Å². The van der Waals surface area contributed by atoms with Crippen LogP contribution in [-0.4, -0.2) is 63.1 Å². The van der Waals surface area contributed by atoms with Crippen molar-refractivity contribution in [3.63, 3.8) is 0 Å². The summed E-state index contributed by atoms with van der Waals surface area (Å²) in [6.07, 6.45) is 6.40. The van der Waals surface area contributed by atoms with Gasteiger partial charge in [-0.1, -0.05) is 36.4 Å². The largest absolute Gasteiger partial charge is 0.446 e. The van der Waals surface area contributed by atoms with Crippen LogP contribution in [0.3, 0.4) is 0 Å². The highest BCUT2D eigenvalue weighted by Crippen LogP contribution is 2.33. The first-order chi connectivity index (χ1) is 21.0. The van der Waals surface area contributed by atoms with Crippen molar-refractivity contribution in [2.24, 2.45) is 0 Å². The Balaban J connectivity index is 1.32. The lowest BCUT2D eigenvalue weighted by Crippen LogP contribution is -2.52. The van der Waals surface area contributed by atoms with Gasteiger partial charge >= 0.3 is 0 Å². The summed E-state index contributed by atoms with van der Waals surface area (Å²) in [6.45, 7) is 3.27. The molecule has 4 atom stereocenters. The summed E-state index contributed by atoms with van der Waals surface area (Å²) < 4.78 is 5.67. The number of carbonyl (C=O) groups is 2. The fraction of sp³-hybridized carbons (Fsp3) is 0.353. The van der Waals surface area contributed by atoms with Crippen molar-refractivity contribution in [1.82, 2.24) is 25.5 Å². The number of benzene rings is 2. The first kappa shape index (κ1) is 28.8. The summed E-state index contributed by atoms with van der Waals surface area (Å²) in [5.41, 5.74) is 3.83. The van der Waals surface area contributed by atoms with E-state index < -0.39 is 12.1 Å². The number of nitrogens with one attached hydrogen (secondary N) is 2. The van der Waals surface area contributed by atoms with Gasteiger partial charge in [0, 0.05) is 35.5 Å². The van der Waals surface area contributed by atoms with Crippen molar-refractivity contribution in [2.75, 3.05) is 13.1 Å². The van der Waals surface area contributed by atoms with Crippen molar-refractivity contribution in [2.45, 2.75) is 63.3 Å². The van der Waals surface area contributed by atoms with Crippen LogP contribution in [0, 0.1) is 6.92 Å². The maximum Gasteiger partial charge on any atom is 0.254 e. The molecule has 0 spiro atoms. The molecule has 3 N–H and O–H groups in total. The van der Waals surface area contributed by atoms with Crippen molar-refractivity contribution in [3.8, 4) is 11.3 Å². The normalized spacial score (nSPS) is 19.7. The number of aliphatic hydroxyl groups excluding tert-OH is 1. The topological polar surface area (TPSA) is 121 Å². The highest BCUT2D eigenvalue weighted by molar-refractivity contribution is 6.01. The lowest BCUT2D eigenvalue weighted by Gasteiger charge is -2.29. The number of aryl methyl sites for hydroxylation is 1. The summed E-state index contributed by atoms with van der Waals surface area (Å²) in [5.74, 6) is -0.0206. The Bertz CT molecular complexity index is 1550. The van der Waals surface area contributed by atoms with Crippen LogP contribution in [0.5, 0.6) is 0 Å². The number of hydrogen-bond acceptors (Lipinski definition) is 7. The van der Waals surface area contributed by atoms with Gasteiger partial charge in [-0.3, -0.25) is 14.6 Å². The molecule has 2 saturated heterocycles. The summed E-state index contributed by atoms with van der Waals surface area (Å²) in [4.78, 5) is 38.7. The van der Waals surface area contributed by atoms with Gasteiger partial charge in [0.1, 0.15) is 12.3 Å². The van der Waals surface area contributed by atoms with Gasteiger partial charge < -0.3 is 25.1 Å². The van der Waals surface area contributed by atoms with Crippen LogP contribution in [0.1, 0.15) is 69.6 Å². The van der Waals surface area contributed by atoms with Crippen LogP contribution in [0.15, 0.2) is 83.6 Å². The fourth-order valence-electron chi connectivity index (χ4n) is 6.18. The van der Waals surface area contributed by atoms with Gasteiger partial charge in [-0.05, 0) is 81.5 Å². The van der Waals surface area contributed by atoms with Crippen LogP contribution in [-0.2, 0) is 6.42 Å². The molecule has 6 rings (SSSR count). The first-order valence-corrected chi connectivity index (χ1v) is 15.0. The van der Waals surface area contributed by atoms with E-state index in [1.54, 1.807) is 35.6 Å². The van der Waals surface area contributed by atoms with Crippen molar-refractivity contribution in [1.29, 1.82) is 0 Å². The number of oxazole rings is 1.